The molecule has 1 rings (SSSR count). The van der Waals surface area contributed by atoms with Gasteiger partial charge in [0.2, 0.25) is 5.92 Å². The predicted molar refractivity (Wildman–Crippen MR) is 55.6 cm³/mol. The van der Waals surface area contributed by atoms with Gasteiger partial charge in [-0.05, 0) is 31.6 Å². The van der Waals surface area contributed by atoms with Crippen molar-refractivity contribution < 1.29 is 13.9 Å². The molecular weight excluding hydrogens is 198 g/mol. The largest absolute Gasteiger partial charge is 0.393 e. The predicted octanol–water partition coefficient (Wildman–Crippen LogP) is 2.98. The highest BCUT2D eigenvalue weighted by Gasteiger charge is 2.36. The number of halogens is 2. The third-order valence-electron chi connectivity index (χ3n) is 3.13. The summed E-state index contributed by atoms with van der Waals surface area (Å²) in [5.74, 6) is 0.0469. The van der Waals surface area contributed by atoms with Crippen LogP contribution in [0, 0.1) is 18.3 Å². The molecule has 0 radical (unpaired) electrons. The highest BCUT2D eigenvalue weighted by molar-refractivity contribution is 4.85. The van der Waals surface area contributed by atoms with Crippen molar-refractivity contribution in [2.75, 3.05) is 0 Å². The zero-order valence-corrected chi connectivity index (χ0v) is 8.88. The van der Waals surface area contributed by atoms with E-state index in [1.165, 1.54) is 0 Å². The van der Waals surface area contributed by atoms with Crippen LogP contribution in [0.2, 0.25) is 0 Å². The van der Waals surface area contributed by atoms with Crippen LogP contribution >= 0.6 is 0 Å². The van der Waals surface area contributed by atoms with Gasteiger partial charge in [-0.25, -0.2) is 8.78 Å². The molecule has 15 heavy (non-hydrogen) atoms. The summed E-state index contributed by atoms with van der Waals surface area (Å²) in [6.07, 6.45) is 7.43. The van der Waals surface area contributed by atoms with E-state index in [0.717, 1.165) is 6.42 Å². The van der Waals surface area contributed by atoms with Gasteiger partial charge in [0.25, 0.3) is 0 Å². The quantitative estimate of drug-likeness (QED) is 0.566. The number of hydrogen-bond acceptors (Lipinski definition) is 1. The normalized spacial score (nSPS) is 23.3. The van der Waals surface area contributed by atoms with E-state index in [1.807, 2.05) is 0 Å². The fraction of sp³-hybridized carbons (Fsp3) is 0.833. The van der Waals surface area contributed by atoms with Crippen molar-refractivity contribution in [3.63, 3.8) is 0 Å². The standard InChI is InChI=1S/C12H18F2O/c1-2-3-4-5-11(15)10-6-8-12(13,14)9-7-10/h1,10-11,15H,3-9H2. The van der Waals surface area contributed by atoms with Crippen LogP contribution in [0.4, 0.5) is 8.78 Å². The molecule has 0 aliphatic heterocycles. The highest BCUT2D eigenvalue weighted by atomic mass is 19.3. The molecule has 0 amide bonds. The summed E-state index contributed by atoms with van der Waals surface area (Å²) < 4.78 is 25.7. The van der Waals surface area contributed by atoms with Crippen LogP contribution < -0.4 is 0 Å². The summed E-state index contributed by atoms with van der Waals surface area (Å²) in [5.41, 5.74) is 0. The lowest BCUT2D eigenvalue weighted by Gasteiger charge is -2.31. The molecule has 0 aromatic carbocycles. The first-order valence-electron chi connectivity index (χ1n) is 5.54. The maximum absolute atomic E-state index is 12.8. The molecule has 0 spiro atoms. The van der Waals surface area contributed by atoms with Crippen LogP contribution in [0.3, 0.4) is 0 Å². The van der Waals surface area contributed by atoms with E-state index in [2.05, 4.69) is 5.92 Å². The Morgan fingerprint density at radius 1 is 1.40 bits per heavy atom. The maximum atomic E-state index is 12.8. The van der Waals surface area contributed by atoms with Gasteiger partial charge in [0.15, 0.2) is 0 Å². The maximum Gasteiger partial charge on any atom is 0.248 e. The average molecular weight is 216 g/mol. The first-order valence-corrected chi connectivity index (χ1v) is 5.54. The van der Waals surface area contributed by atoms with E-state index >= 15 is 0 Å². The molecule has 0 bridgehead atoms. The zero-order valence-electron chi connectivity index (χ0n) is 8.88. The molecule has 0 saturated heterocycles. The Kier molecular flexibility index (Phi) is 4.53. The van der Waals surface area contributed by atoms with Crippen LogP contribution in [0.1, 0.15) is 44.9 Å². The number of unbranched alkanes of at least 4 members (excludes halogenated alkanes) is 1. The molecule has 1 unspecified atom stereocenters. The molecule has 1 nitrogen and oxygen atoms in total. The molecule has 1 aliphatic carbocycles. The van der Waals surface area contributed by atoms with E-state index in [4.69, 9.17) is 6.42 Å². The Labute approximate surface area is 89.9 Å². The van der Waals surface area contributed by atoms with Gasteiger partial charge >= 0.3 is 0 Å². The first kappa shape index (κ1) is 12.4. The highest BCUT2D eigenvalue weighted by Crippen LogP contribution is 2.38. The Morgan fingerprint density at radius 2 is 2.00 bits per heavy atom. The van der Waals surface area contributed by atoms with Gasteiger partial charge in [-0.3, -0.25) is 0 Å². The molecule has 0 aromatic heterocycles. The van der Waals surface area contributed by atoms with Crippen LogP contribution in [0.15, 0.2) is 0 Å². The first-order chi connectivity index (χ1) is 7.05. The van der Waals surface area contributed by atoms with E-state index in [9.17, 15) is 13.9 Å². The minimum atomic E-state index is -2.50. The second kappa shape index (κ2) is 5.46. The van der Waals surface area contributed by atoms with Gasteiger partial charge in [0, 0.05) is 19.3 Å². The lowest BCUT2D eigenvalue weighted by atomic mass is 9.82. The summed E-state index contributed by atoms with van der Waals surface area (Å²) in [5, 5.41) is 9.76. The minimum Gasteiger partial charge on any atom is -0.393 e. The smallest absolute Gasteiger partial charge is 0.248 e. The number of terminal acetylenes is 1. The number of aliphatic hydroxyl groups is 1. The van der Waals surface area contributed by atoms with Gasteiger partial charge in [0.05, 0.1) is 6.10 Å². The summed E-state index contributed by atoms with van der Waals surface area (Å²) in [4.78, 5) is 0. The molecule has 86 valence electrons. The summed E-state index contributed by atoms with van der Waals surface area (Å²) >= 11 is 0. The van der Waals surface area contributed by atoms with Crippen LogP contribution in [0.25, 0.3) is 0 Å². The van der Waals surface area contributed by atoms with E-state index in [0.29, 0.717) is 25.7 Å². The second-order valence-corrected chi connectivity index (χ2v) is 4.36. The van der Waals surface area contributed by atoms with E-state index in [1.54, 1.807) is 0 Å². The van der Waals surface area contributed by atoms with Crippen LogP contribution in [-0.2, 0) is 0 Å². The fourth-order valence-electron chi connectivity index (χ4n) is 2.10. The lowest BCUT2D eigenvalue weighted by Crippen LogP contribution is -2.31. The number of hydrogen-bond donors (Lipinski definition) is 1. The molecule has 0 heterocycles. The Balaban J connectivity index is 2.24. The van der Waals surface area contributed by atoms with Gasteiger partial charge in [-0.15, -0.1) is 12.3 Å². The monoisotopic (exact) mass is 216 g/mol. The molecular formula is C12H18F2O. The second-order valence-electron chi connectivity index (χ2n) is 4.36. The van der Waals surface area contributed by atoms with Crippen molar-refractivity contribution in [3.05, 3.63) is 0 Å². The number of aliphatic hydroxyl groups excluding tert-OH is 1. The molecule has 1 atom stereocenters. The Hall–Kier alpha value is -0.620. The van der Waals surface area contributed by atoms with Gasteiger partial charge in [0.1, 0.15) is 0 Å². The molecule has 1 fully saturated rings. The van der Waals surface area contributed by atoms with E-state index in [-0.39, 0.29) is 18.8 Å². The van der Waals surface area contributed by atoms with Crippen molar-refractivity contribution in [2.45, 2.75) is 57.0 Å². The third-order valence-corrected chi connectivity index (χ3v) is 3.13. The van der Waals surface area contributed by atoms with Gasteiger partial charge in [-0.1, -0.05) is 0 Å². The van der Waals surface area contributed by atoms with Crippen molar-refractivity contribution in [2.24, 2.45) is 5.92 Å². The van der Waals surface area contributed by atoms with Crippen LogP contribution in [0.5, 0.6) is 0 Å². The average Bonchev–Trinajstić information content (AvgIpc) is 2.18. The molecule has 0 aromatic rings. The lowest BCUT2D eigenvalue weighted by molar-refractivity contribution is -0.0630. The third kappa shape index (κ3) is 4.17. The number of alkyl halides is 2. The van der Waals surface area contributed by atoms with Crippen molar-refractivity contribution in [1.82, 2.24) is 0 Å². The van der Waals surface area contributed by atoms with Crippen molar-refractivity contribution in [3.8, 4) is 12.3 Å². The Morgan fingerprint density at radius 3 is 2.53 bits per heavy atom. The van der Waals surface area contributed by atoms with E-state index < -0.39 is 12.0 Å². The van der Waals surface area contributed by atoms with Crippen molar-refractivity contribution >= 4 is 0 Å². The van der Waals surface area contributed by atoms with Gasteiger partial charge in [-0.2, -0.15) is 0 Å². The zero-order chi connectivity index (χ0) is 11.3. The van der Waals surface area contributed by atoms with Gasteiger partial charge < -0.3 is 5.11 Å². The van der Waals surface area contributed by atoms with Crippen LogP contribution in [-0.4, -0.2) is 17.1 Å². The SMILES string of the molecule is C#CCCCC(O)C1CCC(F)(F)CC1. The molecule has 1 saturated carbocycles. The molecule has 3 heteroatoms. The fourth-order valence-corrected chi connectivity index (χ4v) is 2.10. The molecule has 1 N–H and O–H groups in total. The Bertz CT molecular complexity index is 222. The minimum absolute atomic E-state index is 0.0439. The summed E-state index contributed by atoms with van der Waals surface area (Å²) in [7, 11) is 0. The number of rotatable bonds is 4. The summed E-state index contributed by atoms with van der Waals surface area (Å²) in [6.45, 7) is 0. The van der Waals surface area contributed by atoms with Crippen molar-refractivity contribution in [1.29, 1.82) is 0 Å². The summed E-state index contributed by atoms with van der Waals surface area (Å²) in [6, 6.07) is 0. The molecule has 1 aliphatic rings. The topological polar surface area (TPSA) is 20.2 Å².